The Kier molecular flexibility index (Phi) is 6.13. The lowest BCUT2D eigenvalue weighted by Gasteiger charge is -2.42. The van der Waals surface area contributed by atoms with Gasteiger partial charge in [-0.25, -0.2) is 14.0 Å². The summed E-state index contributed by atoms with van der Waals surface area (Å²) in [5.74, 6) is -1.81. The topological polar surface area (TPSA) is 108 Å². The van der Waals surface area contributed by atoms with E-state index in [9.17, 15) is 18.8 Å². The van der Waals surface area contributed by atoms with Gasteiger partial charge in [-0.3, -0.25) is 9.69 Å². The van der Waals surface area contributed by atoms with Crippen LogP contribution >= 0.6 is 0 Å². The van der Waals surface area contributed by atoms with Crippen molar-refractivity contribution in [3.63, 3.8) is 0 Å². The van der Waals surface area contributed by atoms with E-state index in [1.807, 2.05) is 4.90 Å². The molecular formula is C19H24FN3O5. The molecule has 0 spiro atoms. The predicted octanol–water partition coefficient (Wildman–Crippen LogP) is 2.06. The molecule has 3 rings (SSSR count). The Bertz CT molecular complexity index is 762. The van der Waals surface area contributed by atoms with E-state index in [4.69, 9.17) is 5.11 Å². The van der Waals surface area contributed by atoms with Crippen LogP contribution in [0.1, 0.15) is 36.0 Å². The van der Waals surface area contributed by atoms with Crippen molar-refractivity contribution in [2.45, 2.75) is 37.8 Å². The number of hydrogen-bond acceptors (Lipinski definition) is 5. The zero-order valence-corrected chi connectivity index (χ0v) is 15.6. The van der Waals surface area contributed by atoms with Gasteiger partial charge in [0.2, 0.25) is 0 Å². The molecule has 9 heteroatoms. The van der Waals surface area contributed by atoms with E-state index in [1.54, 1.807) is 0 Å². The van der Waals surface area contributed by atoms with Gasteiger partial charge in [0.05, 0.1) is 19.2 Å². The van der Waals surface area contributed by atoms with Gasteiger partial charge >= 0.3 is 18.0 Å². The molecule has 2 amide bonds. The van der Waals surface area contributed by atoms with E-state index < -0.39 is 23.8 Å². The van der Waals surface area contributed by atoms with Crippen molar-refractivity contribution in [1.29, 1.82) is 0 Å². The number of esters is 1. The Balaban J connectivity index is 1.46. The molecule has 8 nitrogen and oxygen atoms in total. The molecular weight excluding hydrogens is 369 g/mol. The molecule has 0 heterocycles. The average Bonchev–Trinajstić information content (AvgIpc) is 3.40. The Labute approximate surface area is 162 Å². The van der Waals surface area contributed by atoms with Crippen molar-refractivity contribution >= 4 is 23.7 Å². The molecule has 152 valence electrons. The Morgan fingerprint density at radius 3 is 2.57 bits per heavy atom. The molecule has 0 bridgehead atoms. The molecule has 0 radical (unpaired) electrons. The number of ether oxygens (including phenoxy) is 1. The van der Waals surface area contributed by atoms with Gasteiger partial charge in [-0.15, -0.1) is 0 Å². The first-order chi connectivity index (χ1) is 13.4. The highest BCUT2D eigenvalue weighted by Crippen LogP contribution is 2.33. The first kappa shape index (κ1) is 20.1. The summed E-state index contributed by atoms with van der Waals surface area (Å²) in [7, 11) is 1.16. The van der Waals surface area contributed by atoms with Crippen molar-refractivity contribution in [3.8, 4) is 0 Å². The third-order valence-corrected chi connectivity index (χ3v) is 5.13. The van der Waals surface area contributed by atoms with Gasteiger partial charge in [0, 0.05) is 24.3 Å². The number of urea groups is 1. The molecule has 28 heavy (non-hydrogen) atoms. The molecule has 0 aromatic heterocycles. The van der Waals surface area contributed by atoms with Crippen LogP contribution in [0.15, 0.2) is 18.2 Å². The number of nitrogens with one attached hydrogen (secondary N) is 2. The van der Waals surface area contributed by atoms with Crippen LogP contribution in [-0.4, -0.2) is 60.3 Å². The van der Waals surface area contributed by atoms with Crippen molar-refractivity contribution in [2.75, 3.05) is 25.5 Å². The summed E-state index contributed by atoms with van der Waals surface area (Å²) in [4.78, 5) is 36.5. The zero-order chi connectivity index (χ0) is 20.3. The van der Waals surface area contributed by atoms with Crippen LogP contribution in [0, 0.1) is 11.7 Å². The Morgan fingerprint density at radius 2 is 2.00 bits per heavy atom. The number of amides is 2. The van der Waals surface area contributed by atoms with E-state index in [0.29, 0.717) is 18.8 Å². The summed E-state index contributed by atoms with van der Waals surface area (Å²) in [6, 6.07) is 3.35. The number of benzene rings is 1. The fraction of sp³-hybridized carbons (Fsp3) is 0.526. The monoisotopic (exact) mass is 393 g/mol. The highest BCUT2D eigenvalue weighted by atomic mass is 19.1. The molecule has 1 aromatic rings. The number of halogens is 1. The summed E-state index contributed by atoms with van der Waals surface area (Å²) >= 11 is 0. The summed E-state index contributed by atoms with van der Waals surface area (Å²) < 4.78 is 18.4. The molecule has 2 fully saturated rings. The lowest BCUT2D eigenvalue weighted by molar-refractivity contribution is -0.139. The maximum Gasteiger partial charge on any atom is 0.340 e. The Hall–Kier alpha value is -2.68. The summed E-state index contributed by atoms with van der Waals surface area (Å²) in [6.45, 7) is 0.813. The number of hydrogen-bond donors (Lipinski definition) is 3. The first-order valence-electron chi connectivity index (χ1n) is 9.27. The highest BCUT2D eigenvalue weighted by Gasteiger charge is 2.37. The molecule has 2 saturated carbocycles. The number of carbonyl (C=O) groups is 3. The largest absolute Gasteiger partial charge is 0.480 e. The second kappa shape index (κ2) is 8.55. The number of anilines is 1. The zero-order valence-electron chi connectivity index (χ0n) is 15.6. The van der Waals surface area contributed by atoms with Gasteiger partial charge in [0.15, 0.2) is 0 Å². The number of carboxylic acids is 1. The number of carbonyl (C=O) groups excluding carboxylic acids is 2. The average molecular weight is 393 g/mol. The lowest BCUT2D eigenvalue weighted by atomic mass is 9.85. The Morgan fingerprint density at radius 1 is 1.29 bits per heavy atom. The van der Waals surface area contributed by atoms with E-state index in [1.165, 1.54) is 12.1 Å². The van der Waals surface area contributed by atoms with Gasteiger partial charge in [-0.2, -0.15) is 0 Å². The van der Waals surface area contributed by atoms with Gasteiger partial charge in [0.1, 0.15) is 5.82 Å². The third-order valence-electron chi connectivity index (χ3n) is 5.13. The van der Waals surface area contributed by atoms with Crippen LogP contribution in [0.25, 0.3) is 0 Å². The minimum atomic E-state index is -0.841. The molecule has 0 saturated heterocycles. The standard InChI is InChI=1S/C19H24FN3O5/c1-28-18(26)15-5-4-12(8-16(15)20)21-19(27)22-13-6-14(7-13)23(10-17(24)25)9-11-2-3-11/h4-5,8,11,13-14H,2-3,6-7,9-10H2,1H3,(H,24,25)(H2,21,22,27). The summed E-state index contributed by atoms with van der Waals surface area (Å²) in [5.41, 5.74) is 0.0178. The molecule has 2 aliphatic rings. The van der Waals surface area contributed by atoms with Crippen LogP contribution in [-0.2, 0) is 9.53 Å². The van der Waals surface area contributed by atoms with Crippen molar-refractivity contribution in [2.24, 2.45) is 5.92 Å². The quantitative estimate of drug-likeness (QED) is 0.584. The van der Waals surface area contributed by atoms with Crippen LogP contribution < -0.4 is 10.6 Å². The fourth-order valence-corrected chi connectivity index (χ4v) is 3.37. The lowest BCUT2D eigenvalue weighted by Crippen LogP contribution is -2.55. The number of nitrogens with zero attached hydrogens (tertiary/aromatic N) is 1. The van der Waals surface area contributed by atoms with E-state index in [-0.39, 0.29) is 29.9 Å². The van der Waals surface area contributed by atoms with Crippen LogP contribution in [0.4, 0.5) is 14.9 Å². The maximum atomic E-state index is 13.9. The number of carboxylic acid groups (broad SMARTS) is 1. The van der Waals surface area contributed by atoms with Gasteiger partial charge in [-0.1, -0.05) is 0 Å². The van der Waals surface area contributed by atoms with Crippen molar-refractivity contribution < 1.29 is 28.6 Å². The van der Waals surface area contributed by atoms with Crippen LogP contribution in [0.2, 0.25) is 0 Å². The van der Waals surface area contributed by atoms with E-state index in [0.717, 1.165) is 32.6 Å². The molecule has 0 unspecified atom stereocenters. The van der Waals surface area contributed by atoms with Gasteiger partial charge < -0.3 is 20.5 Å². The fourth-order valence-electron chi connectivity index (χ4n) is 3.37. The second-order valence-electron chi connectivity index (χ2n) is 7.37. The number of methoxy groups -OCH3 is 1. The molecule has 0 aliphatic heterocycles. The second-order valence-corrected chi connectivity index (χ2v) is 7.37. The minimum absolute atomic E-state index is 0.0197. The van der Waals surface area contributed by atoms with E-state index >= 15 is 0 Å². The SMILES string of the molecule is COC(=O)c1ccc(NC(=O)NC2CC(N(CC(=O)O)CC3CC3)C2)cc1F. The smallest absolute Gasteiger partial charge is 0.340 e. The third kappa shape index (κ3) is 5.19. The maximum absolute atomic E-state index is 13.9. The first-order valence-corrected chi connectivity index (χ1v) is 9.27. The summed E-state index contributed by atoms with van der Waals surface area (Å²) in [5, 5.41) is 14.4. The van der Waals surface area contributed by atoms with Crippen LogP contribution in [0.5, 0.6) is 0 Å². The van der Waals surface area contributed by atoms with Gasteiger partial charge in [0.25, 0.3) is 0 Å². The minimum Gasteiger partial charge on any atom is -0.480 e. The molecule has 1 aromatic carbocycles. The predicted molar refractivity (Wildman–Crippen MR) is 98.6 cm³/mol. The normalized spacial score (nSPS) is 21.0. The number of rotatable bonds is 8. The highest BCUT2D eigenvalue weighted by molar-refractivity contribution is 5.92. The number of aliphatic carboxylic acids is 1. The molecule has 3 N–H and O–H groups in total. The molecule has 0 atom stereocenters. The van der Waals surface area contributed by atoms with Crippen molar-refractivity contribution in [1.82, 2.24) is 10.2 Å². The van der Waals surface area contributed by atoms with Crippen LogP contribution in [0.3, 0.4) is 0 Å². The van der Waals surface area contributed by atoms with E-state index in [2.05, 4.69) is 15.4 Å². The van der Waals surface area contributed by atoms with Crippen molar-refractivity contribution in [3.05, 3.63) is 29.6 Å². The summed E-state index contributed by atoms with van der Waals surface area (Å²) in [6.07, 6.45) is 3.67. The van der Waals surface area contributed by atoms with Gasteiger partial charge in [-0.05, 0) is 49.8 Å². The molecule has 2 aliphatic carbocycles.